The van der Waals surface area contributed by atoms with Gasteiger partial charge in [-0.2, -0.15) is 0 Å². The van der Waals surface area contributed by atoms with Gasteiger partial charge in [-0.25, -0.2) is 14.4 Å². The third-order valence-electron chi connectivity index (χ3n) is 4.03. The minimum absolute atomic E-state index is 0.171. The van der Waals surface area contributed by atoms with Gasteiger partial charge in [0.1, 0.15) is 5.82 Å². The lowest BCUT2D eigenvalue weighted by atomic mass is 10.1. The summed E-state index contributed by atoms with van der Waals surface area (Å²) in [5.41, 5.74) is 1.03. The summed E-state index contributed by atoms with van der Waals surface area (Å²) in [6.45, 7) is 5.77. The van der Waals surface area contributed by atoms with Gasteiger partial charge in [-0.1, -0.05) is 12.1 Å². The van der Waals surface area contributed by atoms with E-state index in [1.54, 1.807) is 24.5 Å². The first-order valence-corrected chi connectivity index (χ1v) is 7.25. The average Bonchev–Trinajstić information content (AvgIpc) is 2.55. The first kappa shape index (κ1) is 13.9. The number of benzene rings is 1. The molecule has 1 unspecified atom stereocenters. The van der Waals surface area contributed by atoms with E-state index in [0.29, 0.717) is 0 Å². The minimum Gasteiger partial charge on any atom is -0.338 e. The quantitative estimate of drug-likeness (QED) is 0.868. The van der Waals surface area contributed by atoms with Crippen molar-refractivity contribution in [2.24, 2.45) is 0 Å². The van der Waals surface area contributed by atoms with Crippen molar-refractivity contribution < 1.29 is 4.39 Å². The van der Waals surface area contributed by atoms with Gasteiger partial charge in [-0.15, -0.1) is 0 Å². The molecule has 4 nitrogen and oxygen atoms in total. The number of piperazine rings is 1. The fourth-order valence-corrected chi connectivity index (χ4v) is 2.74. The fraction of sp³-hybridized carbons (Fsp3) is 0.375. The van der Waals surface area contributed by atoms with Crippen LogP contribution in [0.2, 0.25) is 0 Å². The molecule has 21 heavy (non-hydrogen) atoms. The summed E-state index contributed by atoms with van der Waals surface area (Å²) in [6, 6.07) is 8.92. The number of anilines is 1. The van der Waals surface area contributed by atoms with Gasteiger partial charge in [0.2, 0.25) is 5.95 Å². The highest BCUT2D eigenvalue weighted by atomic mass is 19.1. The highest BCUT2D eigenvalue weighted by molar-refractivity contribution is 5.29. The molecule has 110 valence electrons. The maximum atomic E-state index is 13.3. The van der Waals surface area contributed by atoms with Gasteiger partial charge in [-0.05, 0) is 30.7 Å². The Balaban J connectivity index is 1.63. The molecule has 0 saturated carbocycles. The van der Waals surface area contributed by atoms with Crippen molar-refractivity contribution in [1.82, 2.24) is 14.9 Å². The number of halogens is 1. The third kappa shape index (κ3) is 3.19. The van der Waals surface area contributed by atoms with Crippen molar-refractivity contribution in [2.75, 3.05) is 31.1 Å². The largest absolute Gasteiger partial charge is 0.338 e. The van der Waals surface area contributed by atoms with Crippen LogP contribution in [0.1, 0.15) is 18.5 Å². The van der Waals surface area contributed by atoms with E-state index >= 15 is 0 Å². The zero-order valence-electron chi connectivity index (χ0n) is 12.1. The molecule has 0 N–H and O–H groups in total. The zero-order valence-corrected chi connectivity index (χ0v) is 12.1. The normalized spacial score (nSPS) is 17.7. The van der Waals surface area contributed by atoms with Gasteiger partial charge >= 0.3 is 0 Å². The lowest BCUT2D eigenvalue weighted by molar-refractivity contribution is 0.197. The standard InChI is InChI=1S/C16H19FN4/c1-13(14-4-2-5-15(17)12-14)20-8-10-21(11-9-20)16-18-6-3-7-19-16/h2-7,12-13H,8-11H2,1H3. The number of rotatable bonds is 3. The predicted octanol–water partition coefficient (Wildman–Crippen LogP) is 2.50. The Labute approximate surface area is 124 Å². The minimum atomic E-state index is -0.171. The molecule has 1 saturated heterocycles. The molecule has 3 rings (SSSR count). The molecule has 1 atom stereocenters. The molecular formula is C16H19FN4. The summed E-state index contributed by atoms with van der Waals surface area (Å²) < 4.78 is 13.3. The van der Waals surface area contributed by atoms with Crippen molar-refractivity contribution in [3.63, 3.8) is 0 Å². The lowest BCUT2D eigenvalue weighted by Gasteiger charge is -2.38. The molecule has 2 heterocycles. The fourth-order valence-electron chi connectivity index (χ4n) is 2.74. The predicted molar refractivity (Wildman–Crippen MR) is 80.6 cm³/mol. The van der Waals surface area contributed by atoms with Crippen molar-refractivity contribution in [2.45, 2.75) is 13.0 Å². The van der Waals surface area contributed by atoms with Crippen LogP contribution < -0.4 is 4.90 Å². The van der Waals surface area contributed by atoms with E-state index in [0.717, 1.165) is 37.7 Å². The molecule has 0 amide bonds. The topological polar surface area (TPSA) is 32.3 Å². The molecule has 0 radical (unpaired) electrons. The van der Waals surface area contributed by atoms with Gasteiger partial charge in [0.15, 0.2) is 0 Å². The van der Waals surface area contributed by atoms with Crippen molar-refractivity contribution in [3.05, 3.63) is 54.1 Å². The highest BCUT2D eigenvalue weighted by Crippen LogP contribution is 2.23. The monoisotopic (exact) mass is 286 g/mol. The Hall–Kier alpha value is -2.01. The second kappa shape index (κ2) is 6.18. The Morgan fingerprint density at radius 3 is 2.43 bits per heavy atom. The average molecular weight is 286 g/mol. The van der Waals surface area contributed by atoms with E-state index < -0.39 is 0 Å². The van der Waals surface area contributed by atoms with E-state index in [1.807, 2.05) is 12.1 Å². The molecule has 1 aromatic carbocycles. The van der Waals surface area contributed by atoms with Crippen LogP contribution in [-0.4, -0.2) is 41.0 Å². The third-order valence-corrected chi connectivity index (χ3v) is 4.03. The van der Waals surface area contributed by atoms with Crippen LogP contribution in [0.15, 0.2) is 42.7 Å². The molecule has 0 aliphatic carbocycles. The van der Waals surface area contributed by atoms with Crippen LogP contribution in [0.5, 0.6) is 0 Å². The van der Waals surface area contributed by atoms with Crippen molar-refractivity contribution in [1.29, 1.82) is 0 Å². The van der Waals surface area contributed by atoms with E-state index in [2.05, 4.69) is 26.7 Å². The van der Waals surface area contributed by atoms with E-state index in [1.165, 1.54) is 6.07 Å². The number of aromatic nitrogens is 2. The number of hydrogen-bond donors (Lipinski definition) is 0. The van der Waals surface area contributed by atoms with Gasteiger partial charge in [0.25, 0.3) is 0 Å². The van der Waals surface area contributed by atoms with Crippen molar-refractivity contribution >= 4 is 5.95 Å². The molecule has 1 aromatic heterocycles. The Morgan fingerprint density at radius 1 is 1.05 bits per heavy atom. The molecule has 5 heteroatoms. The summed E-state index contributed by atoms with van der Waals surface area (Å²) in [4.78, 5) is 13.1. The Bertz CT molecular complexity index is 582. The molecule has 1 aliphatic rings. The molecule has 1 aliphatic heterocycles. The molecule has 0 spiro atoms. The summed E-state index contributed by atoms with van der Waals surface area (Å²) in [7, 11) is 0. The lowest BCUT2D eigenvalue weighted by Crippen LogP contribution is -2.47. The van der Waals surface area contributed by atoms with Crippen molar-refractivity contribution in [3.8, 4) is 0 Å². The van der Waals surface area contributed by atoms with Crippen LogP contribution >= 0.6 is 0 Å². The van der Waals surface area contributed by atoms with Gasteiger partial charge in [0.05, 0.1) is 0 Å². The molecule has 2 aromatic rings. The molecule has 0 bridgehead atoms. The summed E-state index contributed by atoms with van der Waals surface area (Å²) in [5, 5.41) is 0. The Morgan fingerprint density at radius 2 is 1.76 bits per heavy atom. The first-order valence-electron chi connectivity index (χ1n) is 7.25. The first-order chi connectivity index (χ1) is 10.2. The maximum absolute atomic E-state index is 13.3. The van der Waals surface area contributed by atoms with Gasteiger partial charge < -0.3 is 4.90 Å². The second-order valence-corrected chi connectivity index (χ2v) is 5.30. The van der Waals surface area contributed by atoms with Crippen LogP contribution in [0.25, 0.3) is 0 Å². The summed E-state index contributed by atoms with van der Waals surface area (Å²) in [5.74, 6) is 0.617. The molecule has 1 fully saturated rings. The van der Waals surface area contributed by atoms with E-state index in [-0.39, 0.29) is 11.9 Å². The SMILES string of the molecule is CC(c1cccc(F)c1)N1CCN(c2ncccn2)CC1. The smallest absolute Gasteiger partial charge is 0.225 e. The second-order valence-electron chi connectivity index (χ2n) is 5.30. The van der Waals surface area contributed by atoms with Crippen LogP contribution in [-0.2, 0) is 0 Å². The van der Waals surface area contributed by atoms with Crippen LogP contribution in [0, 0.1) is 5.82 Å². The molecular weight excluding hydrogens is 267 g/mol. The Kier molecular flexibility index (Phi) is 4.10. The number of nitrogens with zero attached hydrogens (tertiary/aromatic N) is 4. The maximum Gasteiger partial charge on any atom is 0.225 e. The van der Waals surface area contributed by atoms with E-state index in [9.17, 15) is 4.39 Å². The van der Waals surface area contributed by atoms with Gasteiger partial charge in [-0.3, -0.25) is 4.90 Å². The highest BCUT2D eigenvalue weighted by Gasteiger charge is 2.23. The summed E-state index contributed by atoms with van der Waals surface area (Å²) >= 11 is 0. The van der Waals surface area contributed by atoms with E-state index in [4.69, 9.17) is 0 Å². The zero-order chi connectivity index (χ0) is 14.7. The number of hydrogen-bond acceptors (Lipinski definition) is 4. The summed E-state index contributed by atoms with van der Waals surface area (Å²) in [6.07, 6.45) is 3.54. The van der Waals surface area contributed by atoms with Gasteiger partial charge in [0, 0.05) is 44.6 Å². The van der Waals surface area contributed by atoms with Crippen LogP contribution in [0.4, 0.5) is 10.3 Å². The van der Waals surface area contributed by atoms with Crippen LogP contribution in [0.3, 0.4) is 0 Å².